The largest absolute Gasteiger partial charge is 0.389 e. The molecular formula is C8H9BrN2O5. The van der Waals surface area contributed by atoms with E-state index in [9.17, 15) is 25.1 Å². The fourth-order valence-electron chi connectivity index (χ4n) is 1.10. The number of hydrogen-bond acceptors (Lipinski definition) is 5. The Bertz CT molecular complexity index is 446. The molecule has 0 aliphatic carbocycles. The van der Waals surface area contributed by atoms with E-state index in [-0.39, 0.29) is 10.9 Å². The number of halogens is 1. The molecule has 0 amide bonds. The maximum atomic E-state index is 11.0. The van der Waals surface area contributed by atoms with E-state index in [4.69, 9.17) is 0 Å². The summed E-state index contributed by atoms with van der Waals surface area (Å²) in [6.45, 7) is 0. The molecule has 0 fully saturated rings. The molecule has 0 spiro atoms. The van der Waals surface area contributed by atoms with Crippen LogP contribution in [0.5, 0.6) is 0 Å². The molecule has 7 nitrogen and oxygen atoms in total. The number of alkyl halides is 1. The minimum atomic E-state index is -1.30. The molecule has 2 atom stereocenters. The molecule has 1 heterocycles. The predicted octanol–water partition coefficient (Wildman–Crippen LogP) is 0.0723. The first kappa shape index (κ1) is 12.8. The minimum absolute atomic E-state index is 0.0817. The van der Waals surface area contributed by atoms with Gasteiger partial charge in [0, 0.05) is 23.2 Å². The number of hydrogen-bond donors (Lipinski definition) is 3. The van der Waals surface area contributed by atoms with Crippen molar-refractivity contribution >= 4 is 21.6 Å². The highest BCUT2D eigenvalue weighted by Gasteiger charge is 2.21. The first-order chi connectivity index (χ1) is 7.47. The van der Waals surface area contributed by atoms with E-state index in [1.165, 1.54) is 0 Å². The second kappa shape index (κ2) is 5.19. The molecular weight excluding hydrogens is 284 g/mol. The molecule has 1 aromatic rings. The minimum Gasteiger partial charge on any atom is -0.389 e. The van der Waals surface area contributed by atoms with Crippen LogP contribution in [-0.2, 0) is 0 Å². The van der Waals surface area contributed by atoms with E-state index in [0.29, 0.717) is 0 Å². The van der Waals surface area contributed by atoms with Crippen LogP contribution in [-0.4, -0.2) is 31.6 Å². The Morgan fingerprint density at radius 1 is 1.56 bits per heavy atom. The molecule has 0 aliphatic rings. The van der Waals surface area contributed by atoms with Gasteiger partial charge in [-0.1, -0.05) is 15.9 Å². The molecule has 0 saturated carbocycles. The van der Waals surface area contributed by atoms with Crippen molar-refractivity contribution in [1.82, 2.24) is 4.98 Å². The van der Waals surface area contributed by atoms with E-state index in [1.54, 1.807) is 0 Å². The van der Waals surface area contributed by atoms with Crippen molar-refractivity contribution < 1.29 is 15.1 Å². The number of nitrogens with one attached hydrogen (secondary N) is 1. The molecule has 1 rings (SSSR count). The van der Waals surface area contributed by atoms with Gasteiger partial charge in [0.25, 0.3) is 0 Å². The van der Waals surface area contributed by atoms with Crippen LogP contribution < -0.4 is 5.56 Å². The van der Waals surface area contributed by atoms with Crippen LogP contribution >= 0.6 is 15.9 Å². The maximum absolute atomic E-state index is 11.0. The van der Waals surface area contributed by atoms with Crippen molar-refractivity contribution in [3.8, 4) is 0 Å². The number of aliphatic hydroxyl groups excluding tert-OH is 2. The topological polar surface area (TPSA) is 116 Å². The fraction of sp³-hybridized carbons (Fsp3) is 0.375. The summed E-state index contributed by atoms with van der Waals surface area (Å²) in [5.41, 5.74) is -1.44. The van der Waals surface area contributed by atoms with Gasteiger partial charge in [0.1, 0.15) is 6.10 Å². The Morgan fingerprint density at radius 3 is 2.69 bits per heavy atom. The Kier molecular flexibility index (Phi) is 4.16. The quantitative estimate of drug-likeness (QED) is 0.412. The average molecular weight is 293 g/mol. The van der Waals surface area contributed by atoms with E-state index in [2.05, 4.69) is 20.9 Å². The lowest BCUT2D eigenvalue weighted by Crippen LogP contribution is -2.21. The predicted molar refractivity (Wildman–Crippen MR) is 58.5 cm³/mol. The van der Waals surface area contributed by atoms with Gasteiger partial charge < -0.3 is 15.2 Å². The number of pyridine rings is 1. The lowest BCUT2D eigenvalue weighted by Gasteiger charge is -2.14. The van der Waals surface area contributed by atoms with Gasteiger partial charge in [-0.3, -0.25) is 14.9 Å². The van der Waals surface area contributed by atoms with E-state index in [1.807, 2.05) is 0 Å². The number of nitro groups is 1. The highest BCUT2D eigenvalue weighted by Crippen LogP contribution is 2.19. The number of aromatic amines is 1. The van der Waals surface area contributed by atoms with E-state index < -0.39 is 28.4 Å². The van der Waals surface area contributed by atoms with Crippen LogP contribution in [0.25, 0.3) is 0 Å². The Morgan fingerprint density at radius 2 is 2.19 bits per heavy atom. The van der Waals surface area contributed by atoms with Crippen LogP contribution in [0.15, 0.2) is 17.1 Å². The van der Waals surface area contributed by atoms with Crippen LogP contribution in [0.2, 0.25) is 0 Å². The number of H-pyrrole nitrogens is 1. The highest BCUT2D eigenvalue weighted by molar-refractivity contribution is 9.09. The lowest BCUT2D eigenvalue weighted by atomic mass is 10.1. The van der Waals surface area contributed by atoms with Gasteiger partial charge in [-0.2, -0.15) is 0 Å². The highest BCUT2D eigenvalue weighted by atomic mass is 79.9. The van der Waals surface area contributed by atoms with Crippen LogP contribution in [0, 0.1) is 10.1 Å². The van der Waals surface area contributed by atoms with Crippen molar-refractivity contribution in [2.24, 2.45) is 0 Å². The van der Waals surface area contributed by atoms with E-state index >= 15 is 0 Å². The normalized spacial score (nSPS) is 14.4. The van der Waals surface area contributed by atoms with Crippen LogP contribution in [0.1, 0.15) is 11.7 Å². The lowest BCUT2D eigenvalue weighted by molar-refractivity contribution is -0.386. The third kappa shape index (κ3) is 2.65. The van der Waals surface area contributed by atoms with Gasteiger partial charge in [0.2, 0.25) is 0 Å². The summed E-state index contributed by atoms with van der Waals surface area (Å²) in [7, 11) is 0. The van der Waals surface area contributed by atoms with Crippen LogP contribution in [0.4, 0.5) is 5.69 Å². The summed E-state index contributed by atoms with van der Waals surface area (Å²) < 4.78 is 0. The molecule has 8 heteroatoms. The van der Waals surface area contributed by atoms with Gasteiger partial charge in [0.05, 0.1) is 11.0 Å². The summed E-state index contributed by atoms with van der Waals surface area (Å²) >= 11 is 2.96. The Hall–Kier alpha value is -1.25. The third-order valence-corrected chi connectivity index (χ3v) is 2.63. The molecule has 0 aliphatic heterocycles. The number of nitrogens with zero attached hydrogens (tertiary/aromatic N) is 1. The Labute approximate surface area is 98.0 Å². The SMILES string of the molecule is O=c1[nH]cc(C(O)C(O)CBr)cc1[N+](=O)[O-]. The van der Waals surface area contributed by atoms with Gasteiger partial charge >= 0.3 is 11.2 Å². The second-order valence-corrected chi connectivity index (χ2v) is 3.72. The molecule has 88 valence electrons. The average Bonchev–Trinajstić information content (AvgIpc) is 2.27. The maximum Gasteiger partial charge on any atom is 0.334 e. The molecule has 0 radical (unpaired) electrons. The standard InChI is InChI=1S/C8H9BrN2O5/c9-2-6(12)7(13)4-1-5(11(15)16)8(14)10-3-4/h1,3,6-7,12-13H,2H2,(H,10,14). The van der Waals surface area contributed by atoms with Crippen LogP contribution in [0.3, 0.4) is 0 Å². The first-order valence-electron chi connectivity index (χ1n) is 4.26. The Balaban J connectivity index is 3.12. The van der Waals surface area contributed by atoms with Crippen molar-refractivity contribution in [3.05, 3.63) is 38.3 Å². The third-order valence-electron chi connectivity index (χ3n) is 1.97. The molecule has 0 saturated heterocycles. The zero-order valence-corrected chi connectivity index (χ0v) is 9.55. The zero-order valence-electron chi connectivity index (χ0n) is 7.96. The van der Waals surface area contributed by atoms with Gasteiger partial charge in [0.15, 0.2) is 0 Å². The molecule has 16 heavy (non-hydrogen) atoms. The van der Waals surface area contributed by atoms with Crippen molar-refractivity contribution in [2.75, 3.05) is 5.33 Å². The monoisotopic (exact) mass is 292 g/mol. The first-order valence-corrected chi connectivity index (χ1v) is 5.38. The second-order valence-electron chi connectivity index (χ2n) is 3.07. The molecule has 1 aromatic heterocycles. The van der Waals surface area contributed by atoms with Crippen molar-refractivity contribution in [3.63, 3.8) is 0 Å². The number of rotatable bonds is 4. The summed E-state index contributed by atoms with van der Waals surface area (Å²) in [5, 5.41) is 29.5. The summed E-state index contributed by atoms with van der Waals surface area (Å²) in [6.07, 6.45) is -1.27. The molecule has 0 bridgehead atoms. The van der Waals surface area contributed by atoms with E-state index in [0.717, 1.165) is 12.3 Å². The summed E-state index contributed by atoms with van der Waals surface area (Å²) in [6, 6.07) is 0.940. The van der Waals surface area contributed by atoms with Crippen molar-refractivity contribution in [1.29, 1.82) is 0 Å². The summed E-state index contributed by atoms with van der Waals surface area (Å²) in [5.74, 6) is 0. The molecule has 0 aromatic carbocycles. The molecule has 3 N–H and O–H groups in total. The number of aliphatic hydroxyl groups is 2. The van der Waals surface area contributed by atoms with Gasteiger partial charge in [-0.25, -0.2) is 0 Å². The zero-order chi connectivity index (χ0) is 12.3. The number of aromatic nitrogens is 1. The van der Waals surface area contributed by atoms with Crippen molar-refractivity contribution in [2.45, 2.75) is 12.2 Å². The summed E-state index contributed by atoms with van der Waals surface area (Å²) in [4.78, 5) is 22.8. The smallest absolute Gasteiger partial charge is 0.334 e. The fourth-order valence-corrected chi connectivity index (χ4v) is 1.45. The van der Waals surface area contributed by atoms with Gasteiger partial charge in [-0.15, -0.1) is 0 Å². The molecule has 2 unspecified atom stereocenters. The van der Waals surface area contributed by atoms with Gasteiger partial charge in [-0.05, 0) is 0 Å².